The van der Waals surface area contributed by atoms with Crippen LogP contribution in [0.4, 0.5) is 30.8 Å². The van der Waals surface area contributed by atoms with E-state index in [1.165, 1.54) is 50.2 Å². The standard InChI is InChI=1S/C33H35F2N5O5S/c1-17(2)46(43,44)30-22-11-23(13-27(30)35)38-33(42)45-16-19(4)24-7-6-21(10-18(24)3)29(32(41)40(5)15-22)39-28-12-20-8-9-37-31(36)25(20)14-26(28)34/h6-14,17,19,29,39H,15-16H2,1-5H3,(H2,36,37)(H,38,42)/t19-,29+/m0/s1. The number of aromatic nitrogens is 1. The van der Waals surface area contributed by atoms with Crippen molar-refractivity contribution in [2.24, 2.45) is 0 Å². The molecule has 2 amide bonds. The van der Waals surface area contributed by atoms with Crippen molar-refractivity contribution in [3.05, 3.63) is 88.6 Å². The van der Waals surface area contributed by atoms with E-state index in [0.29, 0.717) is 16.3 Å². The van der Waals surface area contributed by atoms with E-state index < -0.39 is 49.7 Å². The molecule has 2 aliphatic rings. The smallest absolute Gasteiger partial charge is 0.411 e. The molecule has 2 aliphatic heterocycles. The number of carbonyl (C=O) groups excluding carboxylic acids is 2. The van der Waals surface area contributed by atoms with Crippen LogP contribution in [0.15, 0.2) is 59.6 Å². The molecule has 0 aliphatic carbocycles. The lowest BCUT2D eigenvalue weighted by Crippen LogP contribution is -2.36. The number of rotatable bonds is 4. The van der Waals surface area contributed by atoms with Gasteiger partial charge in [0.25, 0.3) is 0 Å². The zero-order valence-corrected chi connectivity index (χ0v) is 26.8. The number of nitrogens with two attached hydrogens (primary N) is 1. The summed E-state index contributed by atoms with van der Waals surface area (Å²) in [6, 6.07) is 10.9. The number of benzene rings is 3. The molecule has 4 N–H and O–H groups in total. The molecule has 4 bridgehead atoms. The lowest BCUT2D eigenvalue weighted by molar-refractivity contribution is -0.131. The second-order valence-electron chi connectivity index (χ2n) is 11.8. The molecule has 3 heterocycles. The summed E-state index contributed by atoms with van der Waals surface area (Å²) in [7, 11) is -2.72. The monoisotopic (exact) mass is 651 g/mol. The first-order chi connectivity index (χ1) is 21.7. The van der Waals surface area contributed by atoms with Crippen molar-refractivity contribution in [2.45, 2.75) is 56.3 Å². The summed E-state index contributed by atoms with van der Waals surface area (Å²) in [6.07, 6.45) is 0.650. The molecule has 0 saturated heterocycles. The van der Waals surface area contributed by atoms with Gasteiger partial charge in [-0.3, -0.25) is 10.1 Å². The number of likely N-dealkylation sites (N-methyl/N-ethyl adjacent to an activating group) is 1. The van der Waals surface area contributed by atoms with Crippen molar-refractivity contribution in [2.75, 3.05) is 30.0 Å². The first-order valence-corrected chi connectivity index (χ1v) is 16.2. The minimum Gasteiger partial charge on any atom is -0.449 e. The van der Waals surface area contributed by atoms with Crippen molar-refractivity contribution >= 4 is 49.8 Å². The summed E-state index contributed by atoms with van der Waals surface area (Å²) < 4.78 is 63.0. The Morgan fingerprint density at radius 2 is 1.83 bits per heavy atom. The fourth-order valence-electron chi connectivity index (χ4n) is 5.59. The van der Waals surface area contributed by atoms with Crippen LogP contribution in [0.1, 0.15) is 55.0 Å². The summed E-state index contributed by atoms with van der Waals surface area (Å²) >= 11 is 0. The van der Waals surface area contributed by atoms with Crippen LogP contribution in [-0.2, 0) is 25.9 Å². The molecule has 10 nitrogen and oxygen atoms in total. The van der Waals surface area contributed by atoms with Gasteiger partial charge in [-0.05, 0) is 78.7 Å². The predicted octanol–water partition coefficient (Wildman–Crippen LogP) is 6.06. The van der Waals surface area contributed by atoms with E-state index in [9.17, 15) is 18.0 Å². The van der Waals surface area contributed by atoms with Crippen LogP contribution in [0, 0.1) is 18.6 Å². The summed E-state index contributed by atoms with van der Waals surface area (Å²) in [4.78, 5) is 31.5. The van der Waals surface area contributed by atoms with Gasteiger partial charge in [0.1, 0.15) is 28.4 Å². The van der Waals surface area contributed by atoms with E-state index in [4.69, 9.17) is 10.5 Å². The van der Waals surface area contributed by atoms with Crippen molar-refractivity contribution in [1.82, 2.24) is 9.88 Å². The number of nitrogen functional groups attached to an aromatic ring is 1. The van der Waals surface area contributed by atoms with Gasteiger partial charge in [0.2, 0.25) is 5.91 Å². The van der Waals surface area contributed by atoms with E-state index >= 15 is 8.78 Å². The molecule has 0 radical (unpaired) electrons. The average Bonchev–Trinajstić information content (AvgIpc) is 2.98. The Hall–Kier alpha value is -4.78. The maximum absolute atomic E-state index is 15.6. The number of hydrogen-bond donors (Lipinski definition) is 3. The molecule has 4 aromatic rings. The van der Waals surface area contributed by atoms with Gasteiger partial charge in [0, 0.05) is 36.8 Å². The molecular formula is C33H35F2N5O5S. The van der Waals surface area contributed by atoms with Crippen molar-refractivity contribution in [3.63, 3.8) is 0 Å². The Bertz CT molecular complexity index is 1970. The summed E-state index contributed by atoms with van der Waals surface area (Å²) in [5, 5.41) is 5.55. The Morgan fingerprint density at radius 1 is 1.09 bits per heavy atom. The molecule has 13 heteroatoms. The number of sulfone groups is 1. The molecule has 0 spiro atoms. The molecule has 1 aromatic heterocycles. The zero-order chi connectivity index (χ0) is 33.5. The van der Waals surface area contributed by atoms with Crippen molar-refractivity contribution in [3.8, 4) is 0 Å². The molecule has 2 atom stereocenters. The lowest BCUT2D eigenvalue weighted by atomic mass is 9.93. The first-order valence-electron chi connectivity index (χ1n) is 14.6. The van der Waals surface area contributed by atoms with Crippen LogP contribution in [0.2, 0.25) is 0 Å². The van der Waals surface area contributed by atoms with Gasteiger partial charge in [-0.2, -0.15) is 0 Å². The van der Waals surface area contributed by atoms with Gasteiger partial charge >= 0.3 is 6.09 Å². The highest BCUT2D eigenvalue weighted by Crippen LogP contribution is 2.33. The second kappa shape index (κ2) is 12.5. The third-order valence-corrected chi connectivity index (χ3v) is 10.4. The number of amides is 2. The van der Waals surface area contributed by atoms with E-state index in [2.05, 4.69) is 15.6 Å². The highest BCUT2D eigenvalue weighted by atomic mass is 32.2. The number of fused-ring (bicyclic) bond motifs is 10. The fourth-order valence-corrected chi connectivity index (χ4v) is 6.89. The van der Waals surface area contributed by atoms with Gasteiger partial charge in [0.15, 0.2) is 9.84 Å². The van der Waals surface area contributed by atoms with Crippen LogP contribution < -0.4 is 16.4 Å². The quantitative estimate of drug-likeness (QED) is 0.242. The third kappa shape index (κ3) is 6.32. The van der Waals surface area contributed by atoms with Gasteiger partial charge in [0.05, 0.1) is 17.5 Å². The normalized spacial score (nSPS) is 17.7. The number of aryl methyl sites for hydroxylation is 1. The maximum Gasteiger partial charge on any atom is 0.411 e. The number of carbonyl (C=O) groups is 2. The molecule has 242 valence electrons. The van der Waals surface area contributed by atoms with E-state index in [1.807, 2.05) is 19.9 Å². The number of anilines is 3. The fraction of sp³-hybridized carbons (Fsp3) is 0.303. The minimum atomic E-state index is -4.16. The lowest BCUT2D eigenvalue weighted by Gasteiger charge is -2.28. The number of nitrogens with zero attached hydrogens (tertiary/aromatic N) is 2. The Morgan fingerprint density at radius 3 is 2.52 bits per heavy atom. The van der Waals surface area contributed by atoms with Crippen LogP contribution >= 0.6 is 0 Å². The molecule has 0 unspecified atom stereocenters. The summed E-state index contributed by atoms with van der Waals surface area (Å²) in [5.74, 6) is -2.38. The van der Waals surface area contributed by atoms with Crippen LogP contribution in [0.5, 0.6) is 0 Å². The third-order valence-electron chi connectivity index (χ3n) is 8.11. The van der Waals surface area contributed by atoms with Gasteiger partial charge < -0.3 is 20.7 Å². The largest absolute Gasteiger partial charge is 0.449 e. The van der Waals surface area contributed by atoms with Gasteiger partial charge in [-0.25, -0.2) is 27.0 Å². The van der Waals surface area contributed by atoms with Crippen LogP contribution in [0.3, 0.4) is 0 Å². The summed E-state index contributed by atoms with van der Waals surface area (Å²) in [6.45, 7) is 6.20. The molecule has 46 heavy (non-hydrogen) atoms. The SMILES string of the molecule is Cc1cc2ccc1[C@@H](C)COC(=O)Nc1cc(F)c(S(=O)(=O)C(C)C)c(c1)CN(C)C(=O)[C@@H]2Nc1cc2ccnc(N)c2cc1F. The van der Waals surface area contributed by atoms with Crippen molar-refractivity contribution in [1.29, 1.82) is 0 Å². The molecule has 3 aromatic carbocycles. The average molecular weight is 652 g/mol. The number of ether oxygens (including phenoxy) is 1. The van der Waals surface area contributed by atoms with Gasteiger partial charge in [-0.15, -0.1) is 0 Å². The van der Waals surface area contributed by atoms with Crippen LogP contribution in [0.25, 0.3) is 10.8 Å². The molecular weight excluding hydrogens is 616 g/mol. The molecule has 0 fully saturated rings. The number of halogens is 2. The topological polar surface area (TPSA) is 144 Å². The van der Waals surface area contributed by atoms with E-state index in [1.54, 1.807) is 18.2 Å². The highest BCUT2D eigenvalue weighted by molar-refractivity contribution is 7.92. The maximum atomic E-state index is 15.6. The molecule has 0 saturated carbocycles. The van der Waals surface area contributed by atoms with E-state index in [0.717, 1.165) is 17.2 Å². The van der Waals surface area contributed by atoms with Gasteiger partial charge in [-0.1, -0.05) is 25.1 Å². The predicted molar refractivity (Wildman–Crippen MR) is 172 cm³/mol. The number of hydrogen-bond acceptors (Lipinski definition) is 8. The Kier molecular flexibility index (Phi) is 8.89. The second-order valence-corrected chi connectivity index (χ2v) is 14.2. The van der Waals surface area contributed by atoms with Crippen LogP contribution in [-0.4, -0.2) is 49.2 Å². The molecule has 6 rings (SSSR count). The highest BCUT2D eigenvalue weighted by Gasteiger charge is 2.31. The zero-order valence-electron chi connectivity index (χ0n) is 26.0. The summed E-state index contributed by atoms with van der Waals surface area (Å²) in [5.41, 5.74) is 8.04. The Labute approximate surface area is 265 Å². The Balaban J connectivity index is 1.65. The minimum absolute atomic E-state index is 0.00912. The van der Waals surface area contributed by atoms with Crippen molar-refractivity contribution < 1.29 is 31.5 Å². The number of pyridine rings is 1. The number of nitrogens with one attached hydrogen (secondary N) is 2. The first kappa shape index (κ1) is 32.6. The van der Waals surface area contributed by atoms with E-state index in [-0.39, 0.29) is 41.8 Å².